The van der Waals surface area contributed by atoms with Gasteiger partial charge in [0.15, 0.2) is 11.6 Å². The summed E-state index contributed by atoms with van der Waals surface area (Å²) in [6, 6.07) is 7.12. The Bertz CT molecular complexity index is 767. The number of Topliss-reactive ketones (excluding diaryl/α,β-unsaturated/α-hetero) is 2. The summed E-state index contributed by atoms with van der Waals surface area (Å²) in [5, 5.41) is 0. The quantitative estimate of drug-likeness (QED) is 0.727. The number of hydrogen-bond donors (Lipinski definition) is 0. The maximum absolute atomic E-state index is 13.2. The largest absolute Gasteiger partial charge is 0.547 e. The van der Waals surface area contributed by atoms with Crippen LogP contribution in [-0.2, 0) is 9.16 Å². The van der Waals surface area contributed by atoms with E-state index in [1.54, 1.807) is 12.1 Å². The standard InChI is InChI=1S/C21H28O4Si/c1-21(2,3)24-17-12-13(25-26(4,5)6)11-16-18(17)20(23)15-10-8-7-9-14(15)19(16)22/h7-10,12,16-18H,11H2,1-6H3. The molecule has 4 nitrogen and oxygen atoms in total. The molecule has 0 spiro atoms. The summed E-state index contributed by atoms with van der Waals surface area (Å²) in [5.41, 5.74) is 0.625. The first-order chi connectivity index (χ1) is 12.0. The highest BCUT2D eigenvalue weighted by Crippen LogP contribution is 2.42. The predicted molar refractivity (Wildman–Crippen MR) is 104 cm³/mol. The highest BCUT2D eigenvalue weighted by molar-refractivity contribution is 6.70. The normalized spacial score (nSPS) is 26.1. The Morgan fingerprint density at radius 1 is 1.00 bits per heavy atom. The number of rotatable bonds is 3. The number of ether oxygens (including phenoxy) is 1. The molecule has 3 rings (SSSR count). The van der Waals surface area contributed by atoms with Crippen molar-refractivity contribution in [3.8, 4) is 0 Å². The lowest BCUT2D eigenvalue weighted by Gasteiger charge is -2.41. The Labute approximate surface area is 156 Å². The van der Waals surface area contributed by atoms with Crippen molar-refractivity contribution in [3.05, 3.63) is 47.2 Å². The molecule has 0 aliphatic heterocycles. The Kier molecular flexibility index (Phi) is 4.74. The summed E-state index contributed by atoms with van der Waals surface area (Å²) in [7, 11) is -1.82. The van der Waals surface area contributed by atoms with Crippen molar-refractivity contribution in [3.63, 3.8) is 0 Å². The van der Waals surface area contributed by atoms with Crippen molar-refractivity contribution in [1.82, 2.24) is 0 Å². The molecule has 0 bridgehead atoms. The topological polar surface area (TPSA) is 52.6 Å². The minimum Gasteiger partial charge on any atom is -0.547 e. The van der Waals surface area contributed by atoms with E-state index in [-0.39, 0.29) is 11.6 Å². The second-order valence-corrected chi connectivity index (χ2v) is 13.6. The van der Waals surface area contributed by atoms with E-state index in [1.165, 1.54) is 0 Å². The Morgan fingerprint density at radius 2 is 1.58 bits per heavy atom. The van der Waals surface area contributed by atoms with Gasteiger partial charge in [0.05, 0.1) is 23.4 Å². The van der Waals surface area contributed by atoms with Gasteiger partial charge in [0, 0.05) is 23.5 Å². The molecule has 0 heterocycles. The summed E-state index contributed by atoms with van der Waals surface area (Å²) >= 11 is 0. The zero-order valence-corrected chi connectivity index (χ0v) is 17.5. The fraction of sp³-hybridized carbons (Fsp3) is 0.524. The van der Waals surface area contributed by atoms with Gasteiger partial charge in [-0.25, -0.2) is 0 Å². The molecule has 0 amide bonds. The molecular formula is C21H28O4Si. The number of carbonyl (C=O) groups is 2. The van der Waals surface area contributed by atoms with E-state index in [9.17, 15) is 9.59 Å². The van der Waals surface area contributed by atoms with Gasteiger partial charge in [-0.1, -0.05) is 24.3 Å². The van der Waals surface area contributed by atoms with Crippen LogP contribution in [-0.4, -0.2) is 31.6 Å². The lowest BCUT2D eigenvalue weighted by molar-refractivity contribution is -0.0687. The van der Waals surface area contributed by atoms with E-state index in [0.29, 0.717) is 17.5 Å². The number of hydrogen-bond acceptors (Lipinski definition) is 4. The van der Waals surface area contributed by atoms with Crippen molar-refractivity contribution >= 4 is 19.9 Å². The molecule has 0 aromatic heterocycles. The van der Waals surface area contributed by atoms with Crippen LogP contribution >= 0.6 is 0 Å². The van der Waals surface area contributed by atoms with Crippen molar-refractivity contribution in [1.29, 1.82) is 0 Å². The lowest BCUT2D eigenvalue weighted by atomic mass is 9.67. The fourth-order valence-corrected chi connectivity index (χ4v) is 4.73. The first-order valence-corrected chi connectivity index (χ1v) is 12.6. The zero-order chi connectivity index (χ0) is 19.3. The highest BCUT2D eigenvalue weighted by atomic mass is 28.4. The molecule has 3 unspecified atom stereocenters. The van der Waals surface area contributed by atoms with Crippen LogP contribution in [0, 0.1) is 11.8 Å². The maximum Gasteiger partial charge on any atom is 0.241 e. The van der Waals surface area contributed by atoms with Crippen molar-refractivity contribution in [2.75, 3.05) is 0 Å². The summed E-state index contributed by atoms with van der Waals surface area (Å²) in [6.45, 7) is 12.2. The number of allylic oxidation sites excluding steroid dienone is 1. The second-order valence-electron chi connectivity index (χ2n) is 9.15. The van der Waals surface area contributed by atoms with Crippen LogP contribution in [0.4, 0.5) is 0 Å². The molecule has 0 N–H and O–H groups in total. The predicted octanol–water partition coefficient (Wildman–Crippen LogP) is 4.62. The van der Waals surface area contributed by atoms with Crippen LogP contribution in [0.15, 0.2) is 36.1 Å². The van der Waals surface area contributed by atoms with Gasteiger partial charge >= 0.3 is 0 Å². The van der Waals surface area contributed by atoms with Crippen LogP contribution in [0.1, 0.15) is 47.9 Å². The first-order valence-electron chi connectivity index (χ1n) is 9.21. The van der Waals surface area contributed by atoms with Gasteiger partial charge in [-0.05, 0) is 46.5 Å². The van der Waals surface area contributed by atoms with Gasteiger partial charge < -0.3 is 9.16 Å². The average molecular weight is 373 g/mol. The van der Waals surface area contributed by atoms with Gasteiger partial charge in [-0.2, -0.15) is 0 Å². The molecule has 0 saturated heterocycles. The minimum absolute atomic E-state index is 0.00255. The third-order valence-electron chi connectivity index (χ3n) is 4.58. The number of ketones is 2. The summed E-state index contributed by atoms with van der Waals surface area (Å²) in [6.07, 6.45) is 1.95. The van der Waals surface area contributed by atoms with Crippen LogP contribution in [0.5, 0.6) is 0 Å². The lowest BCUT2D eigenvalue weighted by Crippen LogP contribution is -2.48. The highest BCUT2D eigenvalue weighted by Gasteiger charge is 2.49. The summed E-state index contributed by atoms with van der Waals surface area (Å²) in [5.74, 6) is -0.0767. The van der Waals surface area contributed by atoms with Crippen LogP contribution < -0.4 is 0 Å². The number of carbonyl (C=O) groups excluding carboxylic acids is 2. The third-order valence-corrected chi connectivity index (χ3v) is 5.46. The van der Waals surface area contributed by atoms with E-state index in [2.05, 4.69) is 19.6 Å². The molecule has 5 heteroatoms. The van der Waals surface area contributed by atoms with Crippen LogP contribution in [0.25, 0.3) is 0 Å². The fourth-order valence-electron chi connectivity index (χ4n) is 3.79. The Balaban J connectivity index is 2.05. The van der Waals surface area contributed by atoms with Gasteiger partial charge in [0.25, 0.3) is 0 Å². The SMILES string of the molecule is CC(C)(C)OC1C=C(O[Si](C)(C)C)CC2C(=O)c3ccccc3C(=O)C12. The zero-order valence-electron chi connectivity index (χ0n) is 16.5. The minimum atomic E-state index is -1.82. The third kappa shape index (κ3) is 3.84. The van der Waals surface area contributed by atoms with Gasteiger partial charge in [0.1, 0.15) is 0 Å². The van der Waals surface area contributed by atoms with Gasteiger partial charge in [-0.3, -0.25) is 9.59 Å². The number of fused-ring (bicyclic) bond motifs is 2. The molecule has 26 heavy (non-hydrogen) atoms. The number of benzene rings is 1. The van der Waals surface area contributed by atoms with E-state index < -0.39 is 31.9 Å². The van der Waals surface area contributed by atoms with Gasteiger partial charge in [0.2, 0.25) is 8.32 Å². The van der Waals surface area contributed by atoms with Crippen molar-refractivity contribution < 1.29 is 18.8 Å². The molecule has 2 aliphatic rings. The maximum atomic E-state index is 13.2. The average Bonchev–Trinajstić information content (AvgIpc) is 2.49. The molecule has 0 fully saturated rings. The molecule has 3 atom stereocenters. The molecule has 0 saturated carbocycles. The van der Waals surface area contributed by atoms with E-state index in [0.717, 1.165) is 5.76 Å². The van der Waals surface area contributed by atoms with E-state index in [1.807, 2.05) is 39.0 Å². The Morgan fingerprint density at radius 3 is 2.12 bits per heavy atom. The van der Waals surface area contributed by atoms with E-state index in [4.69, 9.17) is 9.16 Å². The van der Waals surface area contributed by atoms with Crippen LogP contribution in [0.2, 0.25) is 19.6 Å². The molecule has 140 valence electrons. The van der Waals surface area contributed by atoms with Gasteiger partial charge in [-0.15, -0.1) is 0 Å². The molecule has 2 aliphatic carbocycles. The second kappa shape index (κ2) is 6.46. The molecule has 1 aromatic rings. The van der Waals surface area contributed by atoms with Crippen LogP contribution in [0.3, 0.4) is 0 Å². The molecule has 0 radical (unpaired) electrons. The summed E-state index contributed by atoms with van der Waals surface area (Å²) < 4.78 is 12.4. The smallest absolute Gasteiger partial charge is 0.241 e. The monoisotopic (exact) mass is 372 g/mol. The van der Waals surface area contributed by atoms with E-state index >= 15 is 0 Å². The molecule has 1 aromatic carbocycles. The van der Waals surface area contributed by atoms with Crippen molar-refractivity contribution in [2.24, 2.45) is 11.8 Å². The first kappa shape index (κ1) is 19.0. The summed E-state index contributed by atoms with van der Waals surface area (Å²) in [4.78, 5) is 26.3. The Hall–Kier alpha value is -1.72. The molecular weight excluding hydrogens is 344 g/mol. The van der Waals surface area contributed by atoms with Crippen molar-refractivity contribution in [2.45, 2.75) is 58.5 Å².